The van der Waals surface area contributed by atoms with E-state index in [4.69, 9.17) is 0 Å². The Morgan fingerprint density at radius 2 is 0.843 bits per heavy atom. The number of nitrogens with one attached hydrogen (secondary N) is 4. The van der Waals surface area contributed by atoms with E-state index >= 15 is 4.79 Å². The summed E-state index contributed by atoms with van der Waals surface area (Å²) in [6.07, 6.45) is -0.904. The Balaban J connectivity index is 4.28. The van der Waals surface area contributed by atoms with Crippen LogP contribution < -0.4 is 21.3 Å². The molecule has 0 aromatic carbocycles. The van der Waals surface area contributed by atoms with Crippen LogP contribution in [0.5, 0.6) is 0 Å². The van der Waals surface area contributed by atoms with Crippen molar-refractivity contribution in [2.45, 2.75) is 209 Å². The molecule has 1 heterocycles. The van der Waals surface area contributed by atoms with Crippen molar-refractivity contribution in [2.24, 2.45) is 41.4 Å². The van der Waals surface area contributed by atoms with E-state index in [1.165, 1.54) is 87.7 Å². The number of thiol groups is 1. The molecule has 5 N–H and O–H groups in total. The van der Waals surface area contributed by atoms with E-state index in [1.807, 2.05) is 55.4 Å². The highest BCUT2D eigenvalue weighted by Crippen LogP contribution is 2.25. The maximum Gasteiger partial charge on any atom is 0.246 e. The zero-order valence-corrected chi connectivity index (χ0v) is 55.3. The van der Waals surface area contributed by atoms with Crippen molar-refractivity contribution < 1.29 is 57.8 Å². The third-order valence-corrected chi connectivity index (χ3v) is 16.2. The maximum atomic E-state index is 15.0. The molecule has 0 saturated carbocycles. The summed E-state index contributed by atoms with van der Waals surface area (Å²) in [6.45, 7) is 27.4. The monoisotopic (exact) mass is 1190 g/mol. The van der Waals surface area contributed by atoms with Crippen molar-refractivity contribution in [3.63, 3.8) is 0 Å². The summed E-state index contributed by atoms with van der Waals surface area (Å²) >= 11 is 4.38. The van der Waals surface area contributed by atoms with Gasteiger partial charge in [-0.05, 0) is 93.1 Å². The van der Waals surface area contributed by atoms with Gasteiger partial charge in [-0.1, -0.05) is 96.9 Å². The van der Waals surface area contributed by atoms with E-state index in [1.54, 1.807) is 41.5 Å². The molecule has 1 saturated heterocycles. The zero-order valence-electron chi connectivity index (χ0n) is 54.4. The second kappa shape index (κ2) is 33.8. The average molecular weight is 1190 g/mol. The van der Waals surface area contributed by atoms with Gasteiger partial charge in [-0.25, -0.2) is 0 Å². The van der Waals surface area contributed by atoms with Crippen LogP contribution in [0.3, 0.4) is 0 Å². The first-order valence-corrected chi connectivity index (χ1v) is 30.2. The molecule has 1 rings (SSSR count). The standard InChI is InChI=1S/C59H107N11O12S/c1-24-40-55(78)64(17)29-45(71)65(18)41(25-31(2)3)52(75)63-46(35(10)11)58(81)66(19)42(26-32(4)5)51(74)60-38(15)50(73)61-39(16)54(77)67(20)43(27-33(6)7)56(79)68(21)44(28-34(8)9)57(80)69(22)47(36(12)13)59(82)70(23)48(53(76)62-40)49(72)37(14)30-83/h31-44,46-49,72,83H,24-30H2,1-23H3,(H,60,74)(H,61,73)(H,62,76)(H,63,75)/t37-,38+,39-,40+,41+,42+,43+,44+,46+,47+,48+,49-/m1/s1. The summed E-state index contributed by atoms with van der Waals surface area (Å²) in [5, 5.41) is 22.8. The highest BCUT2D eigenvalue weighted by Gasteiger charge is 2.45. The number of nitrogens with zero attached hydrogens (tertiary/aromatic N) is 7. The van der Waals surface area contributed by atoms with E-state index in [0.29, 0.717) is 0 Å². The van der Waals surface area contributed by atoms with Crippen LogP contribution in [-0.2, 0) is 52.7 Å². The number of carbonyl (C=O) groups is 11. The van der Waals surface area contributed by atoms with Crippen molar-refractivity contribution in [3.8, 4) is 0 Å². The van der Waals surface area contributed by atoms with Gasteiger partial charge in [0.25, 0.3) is 0 Å². The van der Waals surface area contributed by atoms with Gasteiger partial charge in [-0.15, -0.1) is 0 Å². The Hall–Kier alpha value is -5.52. The minimum absolute atomic E-state index is 0.0169. The molecule has 0 aliphatic carbocycles. The van der Waals surface area contributed by atoms with Crippen molar-refractivity contribution in [2.75, 3.05) is 61.6 Å². The van der Waals surface area contributed by atoms with Crippen molar-refractivity contribution in [1.29, 1.82) is 0 Å². The van der Waals surface area contributed by atoms with Crippen LogP contribution >= 0.6 is 12.6 Å². The van der Waals surface area contributed by atoms with E-state index in [2.05, 4.69) is 33.9 Å². The zero-order chi connectivity index (χ0) is 64.6. The lowest BCUT2D eigenvalue weighted by molar-refractivity contribution is -0.157. The van der Waals surface area contributed by atoms with Gasteiger partial charge in [-0.2, -0.15) is 12.6 Å². The highest BCUT2D eigenvalue weighted by molar-refractivity contribution is 7.80. The molecule has 0 aromatic rings. The predicted molar refractivity (Wildman–Crippen MR) is 323 cm³/mol. The summed E-state index contributed by atoms with van der Waals surface area (Å²) in [6, 6.07) is -12.4. The lowest BCUT2D eigenvalue weighted by atomic mass is 9.93. The van der Waals surface area contributed by atoms with Crippen LogP contribution in [-0.4, -0.2) is 233 Å². The molecular weight excluding hydrogens is 1090 g/mol. The molecule has 0 unspecified atom stereocenters. The quantitative estimate of drug-likeness (QED) is 0.137. The van der Waals surface area contributed by atoms with Gasteiger partial charge in [-0.3, -0.25) is 52.7 Å². The Morgan fingerprint density at radius 3 is 1.28 bits per heavy atom. The number of carbonyl (C=O) groups excluding carboxylic acids is 11. The highest BCUT2D eigenvalue weighted by atomic mass is 32.1. The average Bonchev–Trinajstić information content (AvgIpc) is 3.51. The molecular formula is C59H107N11O12S. The predicted octanol–water partition coefficient (Wildman–Crippen LogP) is 2.23. The fraction of sp³-hybridized carbons (Fsp3) is 0.814. The molecule has 0 bridgehead atoms. The first-order valence-electron chi connectivity index (χ1n) is 29.6. The second-order valence-electron chi connectivity index (χ2n) is 25.5. The van der Waals surface area contributed by atoms with Crippen molar-refractivity contribution in [3.05, 3.63) is 0 Å². The molecule has 11 amide bonds. The Kier molecular flexibility index (Phi) is 30.8. The van der Waals surface area contributed by atoms with E-state index < -0.39 is 156 Å². The lowest BCUT2D eigenvalue weighted by Gasteiger charge is -2.41. The number of amides is 11. The van der Waals surface area contributed by atoms with E-state index in [9.17, 15) is 53.1 Å². The summed E-state index contributed by atoms with van der Waals surface area (Å²) in [5.41, 5.74) is 0. The van der Waals surface area contributed by atoms with Gasteiger partial charge in [0, 0.05) is 49.3 Å². The van der Waals surface area contributed by atoms with E-state index in [0.717, 1.165) is 9.80 Å². The number of hydrogen-bond donors (Lipinski definition) is 6. The van der Waals surface area contributed by atoms with Crippen LogP contribution in [0.2, 0.25) is 0 Å². The van der Waals surface area contributed by atoms with Gasteiger partial charge in [0.1, 0.15) is 60.4 Å². The summed E-state index contributed by atoms with van der Waals surface area (Å²) in [4.78, 5) is 168. The van der Waals surface area contributed by atoms with Gasteiger partial charge < -0.3 is 60.7 Å². The number of rotatable bonds is 14. The fourth-order valence-corrected chi connectivity index (χ4v) is 10.5. The van der Waals surface area contributed by atoms with Gasteiger partial charge in [0.15, 0.2) is 0 Å². The van der Waals surface area contributed by atoms with Gasteiger partial charge in [0.2, 0.25) is 65.0 Å². The lowest BCUT2D eigenvalue weighted by Crippen LogP contribution is -2.63. The van der Waals surface area contributed by atoms with Gasteiger partial charge in [0.05, 0.1) is 12.6 Å². The van der Waals surface area contributed by atoms with Crippen LogP contribution in [0.25, 0.3) is 0 Å². The SMILES string of the molecule is CC[C@@H]1NC(=O)[C@H]([C@H](O)[C@H](C)CS)N(C)C(=O)[C@H](C(C)C)N(C)C(=O)[C@H](CC(C)C)N(C)C(=O)[C@H](CC(C)C)N(C)C(=O)[C@@H](C)NC(=O)[C@H](C)NC(=O)[C@H](CC(C)C)N(C)C(=O)[C@H](C(C)C)NC(=O)[C@H](CC(C)C)N(C)C(=O)CN(C)C1=O. The molecule has 0 spiro atoms. The number of likely N-dealkylation sites (N-methyl/N-ethyl adjacent to an activating group) is 7. The van der Waals surface area contributed by atoms with Crippen LogP contribution in [0.15, 0.2) is 0 Å². The van der Waals surface area contributed by atoms with Crippen LogP contribution in [0, 0.1) is 41.4 Å². The van der Waals surface area contributed by atoms with Gasteiger partial charge >= 0.3 is 0 Å². The number of aliphatic hydroxyl groups excluding tert-OH is 1. The summed E-state index contributed by atoms with van der Waals surface area (Å²) < 4.78 is 0. The smallest absolute Gasteiger partial charge is 0.246 e. The molecule has 1 fully saturated rings. The molecule has 1 aliphatic heterocycles. The summed E-state index contributed by atoms with van der Waals surface area (Å²) in [5.74, 6) is -9.76. The molecule has 476 valence electrons. The minimum atomic E-state index is -1.63. The first-order chi connectivity index (χ1) is 38.2. The number of aliphatic hydroxyl groups is 1. The molecule has 83 heavy (non-hydrogen) atoms. The van der Waals surface area contributed by atoms with Crippen molar-refractivity contribution in [1.82, 2.24) is 55.6 Å². The second-order valence-corrected chi connectivity index (χ2v) is 25.8. The topological polar surface area (TPSA) is 279 Å². The Morgan fingerprint density at radius 1 is 0.446 bits per heavy atom. The largest absolute Gasteiger partial charge is 0.390 e. The molecule has 0 aromatic heterocycles. The van der Waals surface area contributed by atoms with Crippen LogP contribution in [0.4, 0.5) is 0 Å². The van der Waals surface area contributed by atoms with Crippen LogP contribution in [0.1, 0.15) is 143 Å². The molecule has 0 radical (unpaired) electrons. The molecule has 12 atom stereocenters. The van der Waals surface area contributed by atoms with Crippen molar-refractivity contribution >= 4 is 77.6 Å². The Bertz CT molecular complexity index is 2250. The normalized spacial score (nSPS) is 27.2. The van der Waals surface area contributed by atoms with E-state index in [-0.39, 0.29) is 61.5 Å². The fourth-order valence-electron chi connectivity index (χ4n) is 10.3. The molecule has 1 aliphatic rings. The number of hydrogen-bond acceptors (Lipinski definition) is 13. The molecule has 24 heteroatoms. The third kappa shape index (κ3) is 20.9. The summed E-state index contributed by atoms with van der Waals surface area (Å²) in [7, 11) is 9.85. The third-order valence-electron chi connectivity index (χ3n) is 15.6. The first kappa shape index (κ1) is 75.5. The minimum Gasteiger partial charge on any atom is -0.390 e. The maximum absolute atomic E-state index is 15.0. The Labute approximate surface area is 501 Å². The molecule has 23 nitrogen and oxygen atoms in total.